The van der Waals surface area contributed by atoms with Crippen LogP contribution in [0.5, 0.6) is 5.75 Å². The summed E-state index contributed by atoms with van der Waals surface area (Å²) in [6.07, 6.45) is 0.366. The van der Waals surface area contributed by atoms with Crippen molar-refractivity contribution in [2.24, 2.45) is 0 Å². The van der Waals surface area contributed by atoms with Crippen LogP contribution in [0.4, 0.5) is 5.69 Å². The van der Waals surface area contributed by atoms with Crippen molar-refractivity contribution >= 4 is 23.4 Å². The predicted molar refractivity (Wildman–Crippen MR) is 114 cm³/mol. The number of fused-ring (bicyclic) bond motifs is 1. The third-order valence-corrected chi connectivity index (χ3v) is 5.37. The number of benzene rings is 2. The van der Waals surface area contributed by atoms with E-state index in [1.54, 1.807) is 30.0 Å². The summed E-state index contributed by atoms with van der Waals surface area (Å²) in [5.74, 6) is -0.180. The minimum atomic E-state index is -0.778. The molecular weight excluding hydrogens is 382 g/mol. The number of rotatable bonds is 5. The molecule has 2 aromatic rings. The van der Waals surface area contributed by atoms with Crippen molar-refractivity contribution in [2.45, 2.75) is 46.6 Å². The topological polar surface area (TPSA) is 87.7 Å². The fourth-order valence-corrected chi connectivity index (χ4v) is 3.38. The maximum Gasteiger partial charge on any atom is 0.279 e. The lowest BCUT2D eigenvalue weighted by molar-refractivity contribution is -0.128. The number of aryl methyl sites for hydroxylation is 1. The first-order valence-electron chi connectivity index (χ1n) is 10.1. The molecule has 2 aromatic carbocycles. The van der Waals surface area contributed by atoms with E-state index in [0.717, 1.165) is 22.4 Å². The zero-order valence-corrected chi connectivity index (χ0v) is 17.7. The monoisotopic (exact) mass is 409 g/mol. The van der Waals surface area contributed by atoms with Gasteiger partial charge in [-0.25, -0.2) is 0 Å². The van der Waals surface area contributed by atoms with Crippen LogP contribution in [0.1, 0.15) is 47.3 Å². The van der Waals surface area contributed by atoms with E-state index in [9.17, 15) is 14.4 Å². The van der Waals surface area contributed by atoms with Gasteiger partial charge in [0, 0.05) is 24.2 Å². The lowest BCUT2D eigenvalue weighted by Gasteiger charge is -2.18. The van der Waals surface area contributed by atoms with E-state index in [0.29, 0.717) is 30.7 Å². The van der Waals surface area contributed by atoms with Gasteiger partial charge in [0.25, 0.3) is 11.8 Å². The SMILES string of the molecule is CCC(=O)N1CCc2cc(C(=O)NNC(=O)C(C)Oc3cccc(C)c3C)ccc21. The average molecular weight is 409 g/mol. The number of nitrogens with one attached hydrogen (secondary N) is 2. The van der Waals surface area contributed by atoms with Crippen molar-refractivity contribution in [2.75, 3.05) is 11.4 Å². The summed E-state index contributed by atoms with van der Waals surface area (Å²) in [4.78, 5) is 38.5. The highest BCUT2D eigenvalue weighted by molar-refractivity contribution is 5.99. The quantitative estimate of drug-likeness (QED) is 0.744. The van der Waals surface area contributed by atoms with Crippen LogP contribution in [-0.2, 0) is 16.0 Å². The lowest BCUT2D eigenvalue weighted by atomic mass is 10.1. The van der Waals surface area contributed by atoms with E-state index >= 15 is 0 Å². The molecule has 1 aliphatic heterocycles. The highest BCUT2D eigenvalue weighted by Crippen LogP contribution is 2.29. The number of anilines is 1. The average Bonchev–Trinajstić information content (AvgIpc) is 3.17. The van der Waals surface area contributed by atoms with Gasteiger partial charge in [0.05, 0.1) is 0 Å². The van der Waals surface area contributed by atoms with Crippen molar-refractivity contribution in [3.8, 4) is 5.75 Å². The molecule has 0 saturated carbocycles. The van der Waals surface area contributed by atoms with E-state index in [1.807, 2.05) is 39.0 Å². The van der Waals surface area contributed by atoms with Crippen LogP contribution >= 0.6 is 0 Å². The highest BCUT2D eigenvalue weighted by Gasteiger charge is 2.24. The van der Waals surface area contributed by atoms with Crippen molar-refractivity contribution in [1.29, 1.82) is 0 Å². The first-order valence-corrected chi connectivity index (χ1v) is 10.1. The summed E-state index contributed by atoms with van der Waals surface area (Å²) >= 11 is 0. The van der Waals surface area contributed by atoms with E-state index < -0.39 is 17.9 Å². The summed E-state index contributed by atoms with van der Waals surface area (Å²) < 4.78 is 5.73. The first-order chi connectivity index (χ1) is 14.3. The Morgan fingerprint density at radius 2 is 1.90 bits per heavy atom. The van der Waals surface area contributed by atoms with Gasteiger partial charge >= 0.3 is 0 Å². The normalized spacial score (nSPS) is 13.4. The van der Waals surface area contributed by atoms with Crippen molar-refractivity contribution in [3.05, 3.63) is 58.7 Å². The molecule has 1 atom stereocenters. The van der Waals surface area contributed by atoms with Crippen LogP contribution in [0, 0.1) is 13.8 Å². The van der Waals surface area contributed by atoms with Crippen molar-refractivity contribution in [3.63, 3.8) is 0 Å². The third-order valence-electron chi connectivity index (χ3n) is 5.37. The molecule has 0 aliphatic carbocycles. The second-order valence-corrected chi connectivity index (χ2v) is 7.39. The number of carbonyl (C=O) groups excluding carboxylic acids is 3. The van der Waals surface area contributed by atoms with Gasteiger partial charge in [0.1, 0.15) is 5.75 Å². The Morgan fingerprint density at radius 3 is 2.63 bits per heavy atom. The van der Waals surface area contributed by atoms with Gasteiger partial charge in [-0.1, -0.05) is 19.1 Å². The molecule has 0 radical (unpaired) electrons. The second-order valence-electron chi connectivity index (χ2n) is 7.39. The molecule has 3 rings (SSSR count). The molecule has 30 heavy (non-hydrogen) atoms. The highest BCUT2D eigenvalue weighted by atomic mass is 16.5. The zero-order valence-electron chi connectivity index (χ0n) is 17.7. The molecular formula is C23H27N3O4. The summed E-state index contributed by atoms with van der Waals surface area (Å²) in [6.45, 7) is 7.98. The second kappa shape index (κ2) is 8.98. The Labute approximate surface area is 176 Å². The number of hydrogen-bond acceptors (Lipinski definition) is 4. The maximum absolute atomic E-state index is 12.5. The smallest absolute Gasteiger partial charge is 0.279 e. The van der Waals surface area contributed by atoms with Gasteiger partial charge in [-0.15, -0.1) is 0 Å². The van der Waals surface area contributed by atoms with Gasteiger partial charge in [-0.05, 0) is 68.1 Å². The van der Waals surface area contributed by atoms with Crippen LogP contribution in [0.2, 0.25) is 0 Å². The summed E-state index contributed by atoms with van der Waals surface area (Å²) in [5.41, 5.74) is 9.09. The fourth-order valence-electron chi connectivity index (χ4n) is 3.38. The van der Waals surface area contributed by atoms with Crippen LogP contribution in [0.15, 0.2) is 36.4 Å². The van der Waals surface area contributed by atoms with Gasteiger partial charge in [0.2, 0.25) is 5.91 Å². The van der Waals surface area contributed by atoms with Crippen molar-refractivity contribution in [1.82, 2.24) is 10.9 Å². The third kappa shape index (κ3) is 4.45. The summed E-state index contributed by atoms with van der Waals surface area (Å²) in [5, 5.41) is 0. The minimum Gasteiger partial charge on any atom is -0.481 e. The van der Waals surface area contributed by atoms with E-state index in [4.69, 9.17) is 4.74 Å². The molecule has 2 N–H and O–H groups in total. The van der Waals surface area contributed by atoms with Crippen LogP contribution in [-0.4, -0.2) is 30.4 Å². The Balaban J connectivity index is 1.58. The van der Waals surface area contributed by atoms with E-state index in [-0.39, 0.29) is 5.91 Å². The number of carbonyl (C=O) groups is 3. The Bertz CT molecular complexity index is 986. The molecule has 0 fully saturated rings. The number of amides is 3. The molecule has 7 heteroatoms. The summed E-state index contributed by atoms with van der Waals surface area (Å²) in [6, 6.07) is 10.8. The van der Waals surface area contributed by atoms with E-state index in [1.165, 1.54) is 0 Å². The Kier molecular flexibility index (Phi) is 6.40. The largest absolute Gasteiger partial charge is 0.481 e. The van der Waals surface area contributed by atoms with Gasteiger partial charge in [-0.3, -0.25) is 25.2 Å². The van der Waals surface area contributed by atoms with Crippen LogP contribution < -0.4 is 20.5 Å². The molecule has 1 unspecified atom stereocenters. The predicted octanol–water partition coefficient (Wildman–Crippen LogP) is 2.83. The number of hydrazine groups is 1. The maximum atomic E-state index is 12.5. The Morgan fingerprint density at radius 1 is 1.13 bits per heavy atom. The Hall–Kier alpha value is -3.35. The molecule has 1 heterocycles. The molecule has 0 saturated heterocycles. The molecule has 0 bridgehead atoms. The number of nitrogens with zero attached hydrogens (tertiary/aromatic N) is 1. The zero-order chi connectivity index (χ0) is 21.8. The number of hydrogen-bond donors (Lipinski definition) is 2. The fraction of sp³-hybridized carbons (Fsp3) is 0.348. The number of ether oxygens (including phenoxy) is 1. The molecule has 0 spiro atoms. The van der Waals surface area contributed by atoms with E-state index in [2.05, 4.69) is 10.9 Å². The standard InChI is InChI=1S/C23H27N3O4/c1-5-21(27)26-12-11-17-13-18(9-10-19(17)26)23(29)25-24-22(28)16(4)30-20-8-6-7-14(2)15(20)3/h6-10,13,16H,5,11-12H2,1-4H3,(H,24,28)(H,25,29). The molecule has 7 nitrogen and oxygen atoms in total. The van der Waals surface area contributed by atoms with Crippen LogP contribution in [0.25, 0.3) is 0 Å². The summed E-state index contributed by atoms with van der Waals surface area (Å²) in [7, 11) is 0. The van der Waals surface area contributed by atoms with Crippen LogP contribution in [0.3, 0.4) is 0 Å². The van der Waals surface area contributed by atoms with Gasteiger partial charge in [0.15, 0.2) is 6.10 Å². The molecule has 158 valence electrons. The molecule has 0 aromatic heterocycles. The van der Waals surface area contributed by atoms with Gasteiger partial charge in [-0.2, -0.15) is 0 Å². The van der Waals surface area contributed by atoms with Crippen molar-refractivity contribution < 1.29 is 19.1 Å². The lowest BCUT2D eigenvalue weighted by Crippen LogP contribution is -2.47. The van der Waals surface area contributed by atoms with Gasteiger partial charge < -0.3 is 9.64 Å². The minimum absolute atomic E-state index is 0.0658. The first kappa shape index (κ1) is 21.4. The molecule has 1 aliphatic rings. The molecule has 3 amide bonds.